The highest BCUT2D eigenvalue weighted by atomic mass is 28.4. The Labute approximate surface area is 309 Å². The van der Waals surface area contributed by atoms with Gasteiger partial charge in [-0.1, -0.05) is 57.7 Å². The van der Waals surface area contributed by atoms with E-state index in [1.807, 2.05) is 20.0 Å². The number of likely N-dealkylation sites (tertiary alicyclic amines) is 1. The van der Waals surface area contributed by atoms with E-state index in [1.165, 1.54) is 0 Å². The van der Waals surface area contributed by atoms with Gasteiger partial charge in [0, 0.05) is 24.6 Å². The number of nitrogens with one attached hydrogen (secondary N) is 1. The van der Waals surface area contributed by atoms with Crippen LogP contribution in [0.15, 0.2) is 60.4 Å². The van der Waals surface area contributed by atoms with Gasteiger partial charge in [-0.2, -0.15) is 0 Å². The first-order chi connectivity index (χ1) is 24.1. The number of rotatable bonds is 11. The van der Waals surface area contributed by atoms with E-state index in [0.29, 0.717) is 36.5 Å². The third kappa shape index (κ3) is 7.21. The van der Waals surface area contributed by atoms with Gasteiger partial charge in [-0.05, 0) is 95.5 Å². The molecule has 284 valence electrons. The maximum absolute atomic E-state index is 13.4. The number of ether oxygens (including phenoxy) is 4. The molecule has 5 rings (SSSR count). The molecular weight excluding hydrogens is 681 g/mol. The van der Waals surface area contributed by atoms with Crippen molar-refractivity contribution in [3.05, 3.63) is 71.6 Å². The molecule has 2 heterocycles. The molecule has 2 aliphatic carbocycles. The minimum absolute atomic E-state index is 0.0487. The largest absolute Gasteiger partial charge is 0.541 e. The average molecular weight is 737 g/mol. The van der Waals surface area contributed by atoms with Crippen LogP contribution in [0, 0.1) is 0 Å². The zero-order valence-electron chi connectivity index (χ0n) is 32.4. The molecule has 12 heteroatoms. The molecule has 0 aromatic heterocycles. The SMILES string of the molecule is C=C(/C=C\C=C/C)[C@H](OC(=O)OC(C)(C)C)C(=O)NCCC(=O)OC1=CC[C@@]2(O)[C@H]3Cc4ccc(O[Si](C)(C)C(C)(C)C)c5c4[C@@]2(CCN3C)[C@H]1O5. The van der Waals surface area contributed by atoms with Crippen molar-refractivity contribution in [2.45, 2.75) is 127 Å². The molecule has 1 fully saturated rings. The molecular formula is C40H56N2O9Si. The summed E-state index contributed by atoms with van der Waals surface area (Å²) < 4.78 is 30.3. The summed E-state index contributed by atoms with van der Waals surface area (Å²) in [6.45, 7) is 22.4. The first-order valence-electron chi connectivity index (χ1n) is 18.2. The van der Waals surface area contributed by atoms with Gasteiger partial charge < -0.3 is 38.7 Å². The van der Waals surface area contributed by atoms with Crippen molar-refractivity contribution in [3.63, 3.8) is 0 Å². The van der Waals surface area contributed by atoms with E-state index in [-0.39, 0.29) is 29.6 Å². The highest BCUT2D eigenvalue weighted by Gasteiger charge is 2.72. The van der Waals surface area contributed by atoms with E-state index >= 15 is 0 Å². The number of nitrogens with zero attached hydrogens (tertiary/aromatic N) is 1. The van der Waals surface area contributed by atoms with Crippen LogP contribution in [0.5, 0.6) is 11.5 Å². The summed E-state index contributed by atoms with van der Waals surface area (Å²) in [6, 6.07) is 3.96. The van der Waals surface area contributed by atoms with Crippen molar-refractivity contribution in [1.29, 1.82) is 0 Å². The zero-order valence-corrected chi connectivity index (χ0v) is 33.4. The lowest BCUT2D eigenvalue weighted by Crippen LogP contribution is -2.74. The number of piperidine rings is 1. The van der Waals surface area contributed by atoms with Crippen LogP contribution in [0.1, 0.15) is 78.9 Å². The lowest BCUT2D eigenvalue weighted by Gasteiger charge is -2.61. The molecule has 0 unspecified atom stereocenters. The fraction of sp³-hybridized carbons (Fsp3) is 0.575. The molecule has 11 nitrogen and oxygen atoms in total. The van der Waals surface area contributed by atoms with Crippen molar-refractivity contribution in [1.82, 2.24) is 10.2 Å². The molecule has 52 heavy (non-hydrogen) atoms. The van der Waals surface area contributed by atoms with Gasteiger partial charge in [0.2, 0.25) is 6.10 Å². The van der Waals surface area contributed by atoms with Gasteiger partial charge in [0.1, 0.15) is 17.1 Å². The summed E-state index contributed by atoms with van der Waals surface area (Å²) in [6.07, 6.45) is 6.83. The molecule has 2 aliphatic heterocycles. The van der Waals surface area contributed by atoms with Crippen LogP contribution >= 0.6 is 0 Å². The second-order valence-corrected chi connectivity index (χ2v) is 21.6. The standard InChI is InChI=1S/C40H56N2O9Si/c1-12-13-14-15-25(2)32(49-36(45)50-37(3,4)5)35(44)41-22-19-30(43)47-28-18-20-40(46)29-24-26-16-17-27(51-52(10,11)38(6,7)8)33-31(26)39(40,34(28)48-33)21-23-42(29)9/h12-18,29,32,34,46H,2,19-24H2,1,3-11H3,(H,41,44)/b13-12-,15-14-/t29-,32+,34+,39+,40-/m1/s1. The molecule has 1 aromatic carbocycles. The Hall–Kier alpha value is -3.87. The third-order valence-corrected chi connectivity index (χ3v) is 15.5. The minimum Gasteiger partial charge on any atom is -0.541 e. The highest BCUT2D eigenvalue weighted by molar-refractivity contribution is 6.74. The van der Waals surface area contributed by atoms with Crippen molar-refractivity contribution >= 4 is 26.3 Å². The maximum Gasteiger partial charge on any atom is 0.509 e. The van der Waals surface area contributed by atoms with Crippen LogP contribution in [-0.2, 0) is 35.6 Å². The molecule has 2 bridgehead atoms. The number of hydrogen-bond acceptors (Lipinski definition) is 10. The summed E-state index contributed by atoms with van der Waals surface area (Å²) in [5.41, 5.74) is -0.497. The van der Waals surface area contributed by atoms with Gasteiger partial charge in [-0.15, -0.1) is 0 Å². The summed E-state index contributed by atoms with van der Waals surface area (Å²) in [4.78, 5) is 41.3. The predicted molar refractivity (Wildman–Crippen MR) is 201 cm³/mol. The van der Waals surface area contributed by atoms with Gasteiger partial charge in [0.15, 0.2) is 11.9 Å². The van der Waals surface area contributed by atoms with Gasteiger partial charge in [-0.3, -0.25) is 9.59 Å². The number of allylic oxidation sites excluding steroid dienone is 3. The molecule has 4 aliphatic rings. The number of carbonyl (C=O) groups excluding carboxylic acids is 3. The van der Waals surface area contributed by atoms with Crippen molar-refractivity contribution < 1.29 is 42.9 Å². The van der Waals surface area contributed by atoms with Crippen LogP contribution in [-0.4, -0.2) is 85.9 Å². The molecule has 0 saturated carbocycles. The smallest absolute Gasteiger partial charge is 0.509 e. The number of hydrogen-bond donors (Lipinski definition) is 2. The molecule has 1 saturated heterocycles. The van der Waals surface area contributed by atoms with Gasteiger partial charge in [0.05, 0.1) is 17.4 Å². The minimum atomic E-state index is -2.26. The molecule has 1 spiro atoms. The van der Waals surface area contributed by atoms with Crippen LogP contribution in [0.2, 0.25) is 18.1 Å². The van der Waals surface area contributed by atoms with Crippen LogP contribution in [0.25, 0.3) is 0 Å². The predicted octanol–water partition coefficient (Wildman–Crippen LogP) is 6.41. The van der Waals surface area contributed by atoms with Crippen molar-refractivity contribution in [2.24, 2.45) is 0 Å². The fourth-order valence-electron chi connectivity index (χ4n) is 7.54. The quantitative estimate of drug-likeness (QED) is 0.149. The normalized spacial score (nSPS) is 25.9. The number of carbonyl (C=O) groups is 3. The van der Waals surface area contributed by atoms with Crippen LogP contribution < -0.4 is 14.5 Å². The number of benzene rings is 1. The Morgan fingerprint density at radius 1 is 1.17 bits per heavy atom. The summed E-state index contributed by atoms with van der Waals surface area (Å²) in [5, 5.41) is 15.2. The van der Waals surface area contributed by atoms with E-state index in [4.69, 9.17) is 23.4 Å². The molecule has 5 atom stereocenters. The van der Waals surface area contributed by atoms with E-state index < -0.39 is 55.2 Å². The van der Waals surface area contributed by atoms with Crippen molar-refractivity contribution in [3.8, 4) is 11.5 Å². The number of amides is 1. The summed E-state index contributed by atoms with van der Waals surface area (Å²) in [5.74, 6) is 0.394. The molecule has 1 aromatic rings. The Balaban J connectivity index is 1.34. The Morgan fingerprint density at radius 3 is 2.54 bits per heavy atom. The molecule has 1 amide bonds. The van der Waals surface area contributed by atoms with Crippen LogP contribution in [0.4, 0.5) is 4.79 Å². The third-order valence-electron chi connectivity index (χ3n) is 11.2. The lowest BCUT2D eigenvalue weighted by molar-refractivity contribution is -0.169. The highest BCUT2D eigenvalue weighted by Crippen LogP contribution is 2.65. The molecule has 2 N–H and O–H groups in total. The maximum atomic E-state index is 13.4. The van der Waals surface area contributed by atoms with Crippen molar-refractivity contribution in [2.75, 3.05) is 20.1 Å². The first-order valence-corrected chi connectivity index (χ1v) is 21.1. The Bertz CT molecular complexity index is 1700. The van der Waals surface area contributed by atoms with E-state index in [1.54, 1.807) is 51.2 Å². The average Bonchev–Trinajstić information content (AvgIpc) is 3.38. The summed E-state index contributed by atoms with van der Waals surface area (Å²) in [7, 11) is -0.214. The van der Waals surface area contributed by atoms with Gasteiger partial charge >= 0.3 is 12.1 Å². The van der Waals surface area contributed by atoms with Gasteiger partial charge in [-0.25, -0.2) is 4.79 Å². The second kappa shape index (κ2) is 14.2. The Kier molecular flexibility index (Phi) is 10.7. The van der Waals surface area contributed by atoms with E-state index in [0.717, 1.165) is 17.7 Å². The van der Waals surface area contributed by atoms with E-state index in [9.17, 15) is 19.5 Å². The lowest BCUT2D eigenvalue weighted by atomic mass is 9.50. The zero-order chi connectivity index (χ0) is 38.4. The Morgan fingerprint density at radius 2 is 1.88 bits per heavy atom. The monoisotopic (exact) mass is 736 g/mol. The number of aliphatic hydroxyl groups is 1. The van der Waals surface area contributed by atoms with Gasteiger partial charge in [0.25, 0.3) is 14.2 Å². The van der Waals surface area contributed by atoms with E-state index in [2.05, 4.69) is 56.7 Å². The first kappa shape index (κ1) is 39.3. The summed E-state index contributed by atoms with van der Waals surface area (Å²) >= 11 is 0. The molecule has 0 radical (unpaired) electrons. The topological polar surface area (TPSA) is 133 Å². The second-order valence-electron chi connectivity index (χ2n) is 16.9. The van der Waals surface area contributed by atoms with Crippen LogP contribution in [0.3, 0.4) is 0 Å². The number of esters is 1. The number of likely N-dealkylation sites (N-methyl/N-ethyl adjacent to an activating group) is 1. The fourth-order valence-corrected chi connectivity index (χ4v) is 8.56.